The summed E-state index contributed by atoms with van der Waals surface area (Å²) in [5, 5.41) is 7.26. The van der Waals surface area contributed by atoms with Crippen LogP contribution in [0.25, 0.3) is 0 Å². The second-order valence-electron chi connectivity index (χ2n) is 11.1. The van der Waals surface area contributed by atoms with Crippen molar-refractivity contribution in [3.05, 3.63) is 75.8 Å². The minimum atomic E-state index is -1.21. The Morgan fingerprint density at radius 2 is 1.79 bits per heavy atom. The van der Waals surface area contributed by atoms with Crippen LogP contribution in [0.5, 0.6) is 0 Å². The Kier molecular flexibility index (Phi) is 6.94. The maximum atomic E-state index is 14.1. The summed E-state index contributed by atoms with van der Waals surface area (Å²) in [6, 6.07) is 11.7. The van der Waals surface area contributed by atoms with Crippen LogP contribution in [0.15, 0.2) is 54.6 Å². The topological polar surface area (TPSA) is 87.7 Å². The predicted molar refractivity (Wildman–Crippen MR) is 149 cm³/mol. The number of nitrogens with one attached hydrogen (secondary N) is 2. The first kappa shape index (κ1) is 26.4. The highest BCUT2D eigenvalue weighted by Gasteiger charge is 2.72. The van der Waals surface area contributed by atoms with Gasteiger partial charge in [-0.2, -0.15) is 0 Å². The number of carbonyl (C=O) groups is 3. The first-order valence-corrected chi connectivity index (χ1v) is 14.3. The molecule has 0 radical (unpaired) electrons. The number of amides is 3. The Hall–Kier alpha value is -2.87. The van der Waals surface area contributed by atoms with Crippen molar-refractivity contribution in [2.75, 3.05) is 5.32 Å². The van der Waals surface area contributed by atoms with Crippen molar-refractivity contribution >= 4 is 46.6 Å². The number of likely N-dealkylation sites (tertiary alicyclic amines) is 1. The average molecular weight is 569 g/mol. The molecule has 7 nitrogen and oxygen atoms in total. The molecule has 2 bridgehead atoms. The summed E-state index contributed by atoms with van der Waals surface area (Å²) in [6.45, 7) is 2.10. The maximum absolute atomic E-state index is 14.1. The van der Waals surface area contributed by atoms with E-state index in [9.17, 15) is 14.4 Å². The Bertz CT molecular complexity index is 1340. The maximum Gasteiger partial charge on any atom is 0.246 e. The molecule has 39 heavy (non-hydrogen) atoms. The molecule has 4 aliphatic rings. The number of anilines is 1. The number of fused-ring (bicyclic) bond motifs is 1. The Balaban J connectivity index is 1.32. The van der Waals surface area contributed by atoms with Gasteiger partial charge in [-0.05, 0) is 55.2 Å². The number of halogens is 2. The summed E-state index contributed by atoms with van der Waals surface area (Å²) in [4.78, 5) is 43.3. The molecule has 6 rings (SSSR count). The Morgan fingerprint density at radius 1 is 1.05 bits per heavy atom. The normalized spacial score (nSPS) is 29.5. The molecule has 204 valence electrons. The fourth-order valence-corrected chi connectivity index (χ4v) is 6.95. The van der Waals surface area contributed by atoms with Crippen molar-refractivity contribution in [1.82, 2.24) is 10.2 Å². The molecule has 1 saturated carbocycles. The predicted octanol–water partition coefficient (Wildman–Crippen LogP) is 5.04. The SMILES string of the molecule is Cc1ccc(NC(=O)C2C3C=CC4(O3)C2C(=O)N(Cc2ccc(Cl)cc2)C4C(=O)NC2CCCCC2)cc1Cl. The van der Waals surface area contributed by atoms with Crippen LogP contribution < -0.4 is 10.6 Å². The second-order valence-corrected chi connectivity index (χ2v) is 11.9. The number of carbonyl (C=O) groups excluding carboxylic acids is 3. The van der Waals surface area contributed by atoms with Gasteiger partial charge in [0.15, 0.2) is 0 Å². The molecule has 5 atom stereocenters. The summed E-state index contributed by atoms with van der Waals surface area (Å²) >= 11 is 12.4. The fourth-order valence-electron chi connectivity index (χ4n) is 6.65. The van der Waals surface area contributed by atoms with E-state index in [1.807, 2.05) is 37.3 Å². The van der Waals surface area contributed by atoms with Crippen LogP contribution >= 0.6 is 23.2 Å². The Labute approximate surface area is 237 Å². The van der Waals surface area contributed by atoms with Gasteiger partial charge >= 0.3 is 0 Å². The Morgan fingerprint density at radius 3 is 2.51 bits per heavy atom. The minimum absolute atomic E-state index is 0.0714. The van der Waals surface area contributed by atoms with Crippen LogP contribution in [-0.4, -0.2) is 46.4 Å². The second kappa shape index (κ2) is 10.3. The summed E-state index contributed by atoms with van der Waals surface area (Å²) < 4.78 is 6.44. The molecule has 3 fully saturated rings. The van der Waals surface area contributed by atoms with Gasteiger partial charge in [-0.15, -0.1) is 0 Å². The van der Waals surface area contributed by atoms with Crippen LogP contribution in [0.4, 0.5) is 5.69 Å². The van der Waals surface area contributed by atoms with Gasteiger partial charge in [0.2, 0.25) is 17.7 Å². The third-order valence-corrected chi connectivity index (χ3v) is 9.24. The van der Waals surface area contributed by atoms with Gasteiger partial charge in [0.05, 0.1) is 17.9 Å². The van der Waals surface area contributed by atoms with Crippen LogP contribution in [-0.2, 0) is 25.7 Å². The lowest BCUT2D eigenvalue weighted by Gasteiger charge is -2.34. The van der Waals surface area contributed by atoms with Gasteiger partial charge in [-0.3, -0.25) is 14.4 Å². The quantitative estimate of drug-likeness (QED) is 0.478. The first-order valence-electron chi connectivity index (χ1n) is 13.6. The van der Waals surface area contributed by atoms with Gasteiger partial charge in [0.1, 0.15) is 11.6 Å². The highest BCUT2D eigenvalue weighted by atomic mass is 35.5. The summed E-state index contributed by atoms with van der Waals surface area (Å²) in [6.07, 6.45) is 8.21. The van der Waals surface area contributed by atoms with Gasteiger partial charge in [-0.1, -0.05) is 72.8 Å². The molecule has 3 heterocycles. The van der Waals surface area contributed by atoms with Crippen molar-refractivity contribution < 1.29 is 19.1 Å². The summed E-state index contributed by atoms with van der Waals surface area (Å²) in [7, 11) is 0. The first-order chi connectivity index (χ1) is 18.8. The number of hydrogen-bond acceptors (Lipinski definition) is 4. The third-order valence-electron chi connectivity index (χ3n) is 8.58. The molecule has 2 N–H and O–H groups in total. The molecule has 1 aliphatic carbocycles. The zero-order chi connectivity index (χ0) is 27.3. The lowest BCUT2D eigenvalue weighted by atomic mass is 9.74. The molecule has 9 heteroatoms. The lowest BCUT2D eigenvalue weighted by Crippen LogP contribution is -2.56. The van der Waals surface area contributed by atoms with Gasteiger partial charge in [0, 0.05) is 28.3 Å². The molecule has 0 aromatic heterocycles. The molecule has 2 saturated heterocycles. The van der Waals surface area contributed by atoms with Crippen molar-refractivity contribution in [3.8, 4) is 0 Å². The number of hydrogen-bond donors (Lipinski definition) is 2. The van der Waals surface area contributed by atoms with Gasteiger partial charge < -0.3 is 20.3 Å². The molecule has 5 unspecified atom stereocenters. The van der Waals surface area contributed by atoms with Gasteiger partial charge in [-0.25, -0.2) is 0 Å². The smallest absolute Gasteiger partial charge is 0.246 e. The number of rotatable bonds is 6. The zero-order valence-corrected chi connectivity index (χ0v) is 23.2. The minimum Gasteiger partial charge on any atom is -0.359 e. The highest BCUT2D eigenvalue weighted by Crippen LogP contribution is 2.55. The lowest BCUT2D eigenvalue weighted by molar-refractivity contribution is -0.142. The van der Waals surface area contributed by atoms with Crippen molar-refractivity contribution in [2.24, 2.45) is 11.8 Å². The van der Waals surface area contributed by atoms with E-state index >= 15 is 0 Å². The standard InChI is InChI=1S/C30H31Cl2N3O4/c1-17-7-12-21(15-22(17)32)34-27(36)24-23-13-14-30(39-23)25(24)29(38)35(16-18-8-10-19(31)11-9-18)26(30)28(37)33-20-5-3-2-4-6-20/h7-15,20,23-26H,2-6,16H2,1H3,(H,33,37)(H,34,36). The molecule has 1 spiro atoms. The number of nitrogens with zero attached hydrogens (tertiary/aromatic N) is 1. The van der Waals surface area contributed by atoms with E-state index in [4.69, 9.17) is 27.9 Å². The summed E-state index contributed by atoms with van der Waals surface area (Å²) in [5.41, 5.74) is 1.08. The number of ether oxygens (including phenoxy) is 1. The van der Waals surface area contributed by atoms with Crippen LogP contribution in [0.3, 0.4) is 0 Å². The fraction of sp³-hybridized carbons (Fsp3) is 0.433. The van der Waals surface area contributed by atoms with E-state index in [2.05, 4.69) is 10.6 Å². The largest absolute Gasteiger partial charge is 0.359 e. The van der Waals surface area contributed by atoms with E-state index in [0.717, 1.165) is 36.8 Å². The molecule has 3 amide bonds. The van der Waals surface area contributed by atoms with Crippen LogP contribution in [0, 0.1) is 18.8 Å². The molecule has 2 aromatic rings. The number of aryl methyl sites for hydroxylation is 1. The van der Waals surface area contributed by atoms with Crippen molar-refractivity contribution in [3.63, 3.8) is 0 Å². The molecular weight excluding hydrogens is 537 g/mol. The van der Waals surface area contributed by atoms with Crippen molar-refractivity contribution in [2.45, 2.75) is 69.4 Å². The average Bonchev–Trinajstić information content (AvgIpc) is 3.56. The van der Waals surface area contributed by atoms with E-state index in [1.165, 1.54) is 6.42 Å². The van der Waals surface area contributed by atoms with E-state index in [1.54, 1.807) is 29.2 Å². The van der Waals surface area contributed by atoms with Crippen molar-refractivity contribution in [1.29, 1.82) is 0 Å². The number of benzene rings is 2. The zero-order valence-electron chi connectivity index (χ0n) is 21.7. The molecule has 3 aliphatic heterocycles. The van der Waals surface area contributed by atoms with Gasteiger partial charge in [0.25, 0.3) is 0 Å². The van der Waals surface area contributed by atoms with E-state index < -0.39 is 29.6 Å². The van der Waals surface area contributed by atoms with Crippen LogP contribution in [0.1, 0.15) is 43.2 Å². The molecular formula is C30H31Cl2N3O4. The third kappa shape index (κ3) is 4.64. The molecule has 2 aromatic carbocycles. The van der Waals surface area contributed by atoms with E-state index in [-0.39, 0.29) is 30.3 Å². The summed E-state index contributed by atoms with van der Waals surface area (Å²) in [5.74, 6) is -2.42. The highest BCUT2D eigenvalue weighted by molar-refractivity contribution is 6.31. The van der Waals surface area contributed by atoms with Crippen LogP contribution in [0.2, 0.25) is 10.0 Å². The monoisotopic (exact) mass is 567 g/mol. The van der Waals surface area contributed by atoms with E-state index in [0.29, 0.717) is 15.7 Å².